The van der Waals surface area contributed by atoms with Gasteiger partial charge in [-0.05, 0) is 55.6 Å². The number of fused-ring (bicyclic) bond motifs is 1. The number of H-pyrrole nitrogens is 1. The van der Waals surface area contributed by atoms with Crippen LogP contribution in [0, 0.1) is 17.8 Å². The highest BCUT2D eigenvalue weighted by Crippen LogP contribution is 2.35. The summed E-state index contributed by atoms with van der Waals surface area (Å²) < 4.78 is 6.18. The maximum atomic E-state index is 12.8. The number of aromatic amines is 1. The Morgan fingerprint density at radius 2 is 1.97 bits per heavy atom. The first-order valence-electron chi connectivity index (χ1n) is 11.3. The number of nitrogens with zero attached hydrogens (tertiary/aromatic N) is 2. The van der Waals surface area contributed by atoms with Gasteiger partial charge in [0.15, 0.2) is 0 Å². The van der Waals surface area contributed by atoms with E-state index in [1.54, 1.807) is 0 Å². The fourth-order valence-corrected chi connectivity index (χ4v) is 5.14. The summed E-state index contributed by atoms with van der Waals surface area (Å²) in [5, 5.41) is 0. The second-order valence-electron chi connectivity index (χ2n) is 9.47. The smallest absolute Gasteiger partial charge is 0.248 e. The lowest BCUT2D eigenvalue weighted by Crippen LogP contribution is -2.42. The molecular formula is C24H35N3O2. The van der Waals surface area contributed by atoms with Crippen LogP contribution in [0.15, 0.2) is 24.3 Å². The summed E-state index contributed by atoms with van der Waals surface area (Å²) in [5.41, 5.74) is 2.12. The molecule has 3 atom stereocenters. The van der Waals surface area contributed by atoms with Gasteiger partial charge in [0.1, 0.15) is 12.4 Å². The summed E-state index contributed by atoms with van der Waals surface area (Å²) >= 11 is 0. The number of carbonyl (C=O) groups excluding carboxylic acids is 1. The normalized spacial score (nSPS) is 26.3. The van der Waals surface area contributed by atoms with Gasteiger partial charge < -0.3 is 14.6 Å². The van der Waals surface area contributed by atoms with Crippen LogP contribution in [0.3, 0.4) is 0 Å². The number of hydrogen-bond donors (Lipinski definition) is 1. The number of para-hydroxylation sites is 2. The van der Waals surface area contributed by atoms with Crippen LogP contribution < -0.4 is 0 Å². The predicted octanol–water partition coefficient (Wildman–Crippen LogP) is 4.75. The monoisotopic (exact) mass is 397 g/mol. The highest BCUT2D eigenvalue weighted by Gasteiger charge is 2.32. The van der Waals surface area contributed by atoms with Gasteiger partial charge in [0.05, 0.1) is 17.1 Å². The van der Waals surface area contributed by atoms with E-state index >= 15 is 0 Å². The van der Waals surface area contributed by atoms with E-state index in [0.29, 0.717) is 23.7 Å². The van der Waals surface area contributed by atoms with Crippen molar-refractivity contribution in [3.63, 3.8) is 0 Å². The molecule has 158 valence electrons. The van der Waals surface area contributed by atoms with Gasteiger partial charge in [-0.2, -0.15) is 0 Å². The van der Waals surface area contributed by atoms with E-state index in [1.165, 1.54) is 12.8 Å². The molecule has 1 aromatic heterocycles. The van der Waals surface area contributed by atoms with Gasteiger partial charge in [-0.25, -0.2) is 4.98 Å². The van der Waals surface area contributed by atoms with Crippen molar-refractivity contribution in [3.05, 3.63) is 30.1 Å². The first-order chi connectivity index (χ1) is 14.0. The Hall–Kier alpha value is -1.88. The molecule has 5 nitrogen and oxygen atoms in total. The summed E-state index contributed by atoms with van der Waals surface area (Å²) in [6.45, 7) is 8.67. The van der Waals surface area contributed by atoms with Crippen molar-refractivity contribution < 1.29 is 9.53 Å². The fourth-order valence-electron chi connectivity index (χ4n) is 5.14. The maximum absolute atomic E-state index is 12.8. The Bertz CT molecular complexity index is 789. The van der Waals surface area contributed by atoms with Crippen molar-refractivity contribution in [2.75, 3.05) is 19.7 Å². The molecular weight excluding hydrogens is 362 g/mol. The van der Waals surface area contributed by atoms with Gasteiger partial charge in [0.2, 0.25) is 5.91 Å². The maximum Gasteiger partial charge on any atom is 0.248 e. The summed E-state index contributed by atoms with van der Waals surface area (Å²) in [7, 11) is 0. The average molecular weight is 398 g/mol. The van der Waals surface area contributed by atoms with Crippen LogP contribution in [-0.2, 0) is 9.53 Å². The lowest BCUT2D eigenvalue weighted by molar-refractivity contribution is -0.142. The number of carbonyl (C=O) groups is 1. The quantitative estimate of drug-likeness (QED) is 0.792. The third-order valence-electron chi connectivity index (χ3n) is 7.02. The lowest BCUT2D eigenvalue weighted by Gasteiger charge is -2.37. The molecule has 1 saturated heterocycles. The summed E-state index contributed by atoms with van der Waals surface area (Å²) in [4.78, 5) is 23.0. The molecule has 1 aromatic carbocycles. The van der Waals surface area contributed by atoms with Crippen LogP contribution in [0.4, 0.5) is 0 Å². The van der Waals surface area contributed by atoms with Crippen LogP contribution in [-0.4, -0.2) is 46.6 Å². The molecule has 1 N–H and O–H groups in total. The molecule has 0 radical (unpaired) electrons. The van der Waals surface area contributed by atoms with E-state index in [9.17, 15) is 4.79 Å². The molecule has 1 amide bonds. The van der Waals surface area contributed by atoms with Gasteiger partial charge >= 0.3 is 0 Å². The van der Waals surface area contributed by atoms with Crippen molar-refractivity contribution in [2.24, 2.45) is 17.8 Å². The molecule has 0 bridgehead atoms. The Balaban J connectivity index is 1.28. The van der Waals surface area contributed by atoms with Crippen molar-refractivity contribution in [2.45, 2.75) is 64.9 Å². The van der Waals surface area contributed by atoms with Crippen molar-refractivity contribution in [1.29, 1.82) is 0 Å². The second kappa shape index (κ2) is 8.86. The van der Waals surface area contributed by atoms with Gasteiger partial charge in [0.25, 0.3) is 0 Å². The van der Waals surface area contributed by atoms with Crippen LogP contribution >= 0.6 is 0 Å². The van der Waals surface area contributed by atoms with Crippen molar-refractivity contribution >= 4 is 16.9 Å². The molecule has 0 spiro atoms. The summed E-state index contributed by atoms with van der Waals surface area (Å²) in [6, 6.07) is 8.16. The van der Waals surface area contributed by atoms with Crippen LogP contribution in [0.25, 0.3) is 11.0 Å². The van der Waals surface area contributed by atoms with Gasteiger partial charge in [-0.1, -0.05) is 39.3 Å². The van der Waals surface area contributed by atoms with E-state index in [1.807, 2.05) is 23.1 Å². The van der Waals surface area contributed by atoms with Crippen LogP contribution in [0.1, 0.15) is 64.6 Å². The SMILES string of the molecule is CC(C)[C@@H]1CC[C@@H](C)C[C@H]1OCC(=O)N1CCC(c2nc3ccccc3[nH]2)CC1. The molecule has 4 rings (SSSR count). The third-order valence-corrected chi connectivity index (χ3v) is 7.02. The van der Waals surface area contributed by atoms with E-state index in [-0.39, 0.29) is 18.6 Å². The number of amides is 1. The Morgan fingerprint density at radius 1 is 1.21 bits per heavy atom. The molecule has 5 heteroatoms. The predicted molar refractivity (Wildman–Crippen MR) is 116 cm³/mol. The standard InChI is InChI=1S/C24H35N3O2/c1-16(2)19-9-8-17(3)14-22(19)29-15-23(28)27-12-10-18(11-13-27)24-25-20-6-4-5-7-21(20)26-24/h4-7,16-19,22H,8-15H2,1-3H3,(H,25,26)/t17-,19+,22-/m1/s1. The number of imidazole rings is 1. The molecule has 0 unspecified atom stereocenters. The van der Waals surface area contributed by atoms with Crippen LogP contribution in [0.2, 0.25) is 0 Å². The van der Waals surface area contributed by atoms with E-state index < -0.39 is 0 Å². The number of likely N-dealkylation sites (tertiary alicyclic amines) is 1. The molecule has 1 saturated carbocycles. The molecule has 2 fully saturated rings. The average Bonchev–Trinajstić information content (AvgIpc) is 3.16. The lowest BCUT2D eigenvalue weighted by atomic mass is 9.75. The van der Waals surface area contributed by atoms with E-state index in [0.717, 1.165) is 49.2 Å². The first-order valence-corrected chi connectivity index (χ1v) is 11.3. The fraction of sp³-hybridized carbons (Fsp3) is 0.667. The molecule has 2 heterocycles. The largest absolute Gasteiger partial charge is 0.368 e. The first kappa shape index (κ1) is 20.4. The Morgan fingerprint density at radius 3 is 2.69 bits per heavy atom. The highest BCUT2D eigenvalue weighted by atomic mass is 16.5. The number of hydrogen-bond acceptors (Lipinski definition) is 3. The zero-order valence-corrected chi connectivity index (χ0v) is 18.1. The zero-order valence-electron chi connectivity index (χ0n) is 18.1. The Labute approximate surface area is 174 Å². The molecule has 1 aliphatic carbocycles. The number of nitrogens with one attached hydrogen (secondary N) is 1. The van der Waals surface area contributed by atoms with Crippen molar-refractivity contribution in [1.82, 2.24) is 14.9 Å². The minimum Gasteiger partial charge on any atom is -0.368 e. The third kappa shape index (κ3) is 4.66. The minimum atomic E-state index is 0.147. The summed E-state index contributed by atoms with van der Waals surface area (Å²) in [6.07, 6.45) is 5.74. The molecule has 29 heavy (non-hydrogen) atoms. The highest BCUT2D eigenvalue weighted by molar-refractivity contribution is 5.77. The van der Waals surface area contributed by atoms with Crippen LogP contribution in [0.5, 0.6) is 0 Å². The zero-order chi connectivity index (χ0) is 20.4. The molecule has 2 aromatic rings. The number of rotatable bonds is 5. The van der Waals surface area contributed by atoms with E-state index in [4.69, 9.17) is 9.72 Å². The number of piperidine rings is 1. The number of benzene rings is 1. The summed E-state index contributed by atoms with van der Waals surface area (Å²) in [5.74, 6) is 3.50. The molecule has 1 aliphatic heterocycles. The number of ether oxygens (including phenoxy) is 1. The van der Waals surface area contributed by atoms with Gasteiger partial charge in [-0.3, -0.25) is 4.79 Å². The van der Waals surface area contributed by atoms with E-state index in [2.05, 4.69) is 31.8 Å². The van der Waals surface area contributed by atoms with Crippen molar-refractivity contribution in [3.8, 4) is 0 Å². The van der Waals surface area contributed by atoms with Gasteiger partial charge in [0, 0.05) is 19.0 Å². The minimum absolute atomic E-state index is 0.147. The number of aromatic nitrogens is 2. The second-order valence-corrected chi connectivity index (χ2v) is 9.47. The molecule has 2 aliphatic rings. The Kier molecular flexibility index (Phi) is 6.23. The van der Waals surface area contributed by atoms with Gasteiger partial charge in [-0.15, -0.1) is 0 Å². The topological polar surface area (TPSA) is 58.2 Å².